The zero-order valence-corrected chi connectivity index (χ0v) is 11.9. The monoisotopic (exact) mass is 263 g/mol. The van der Waals surface area contributed by atoms with Crippen LogP contribution in [0.3, 0.4) is 0 Å². The topological polar surface area (TPSA) is 54.4 Å². The van der Waals surface area contributed by atoms with Crippen molar-refractivity contribution in [1.82, 2.24) is 0 Å². The second kappa shape index (κ2) is 5.16. The maximum absolute atomic E-state index is 10.7. The Hall–Kier alpha value is 0.710. The van der Waals surface area contributed by atoms with Crippen LogP contribution in [-0.4, -0.2) is 42.5 Å². The van der Waals surface area contributed by atoms with E-state index in [9.17, 15) is 8.42 Å². The molecule has 0 saturated carbocycles. The van der Waals surface area contributed by atoms with Gasteiger partial charge in [0.25, 0.3) is 10.1 Å². The van der Waals surface area contributed by atoms with Crippen LogP contribution < -0.4 is 0 Å². The van der Waals surface area contributed by atoms with Crippen molar-refractivity contribution >= 4 is 62.9 Å². The minimum absolute atomic E-state index is 0. The van der Waals surface area contributed by atoms with Gasteiger partial charge < -0.3 is 0 Å². The maximum atomic E-state index is 10.7. The fourth-order valence-corrected chi connectivity index (χ4v) is 1.92. The number of benzene rings is 1. The van der Waals surface area contributed by atoms with E-state index < -0.39 is 10.1 Å². The van der Waals surface area contributed by atoms with Gasteiger partial charge >= 0.3 is 0 Å². The SMILES string of the molecule is Cc1c(Cl)cc(S(=O)(=O)O)cc1Cl.[Na]. The largest absolute Gasteiger partial charge is 0.294 e. The van der Waals surface area contributed by atoms with E-state index in [-0.39, 0.29) is 44.5 Å². The zero-order chi connectivity index (χ0) is 10.2. The second-order valence-corrected chi connectivity index (χ2v) is 4.72. The summed E-state index contributed by atoms with van der Waals surface area (Å²) < 4.78 is 30.1. The average Bonchev–Trinajstić information content (AvgIpc) is 1.97. The number of rotatable bonds is 1. The third-order valence-corrected chi connectivity index (χ3v) is 3.17. The van der Waals surface area contributed by atoms with Gasteiger partial charge in [0.05, 0.1) is 4.90 Å². The van der Waals surface area contributed by atoms with E-state index >= 15 is 0 Å². The molecule has 0 aliphatic rings. The summed E-state index contributed by atoms with van der Waals surface area (Å²) in [5.41, 5.74) is 0.579. The van der Waals surface area contributed by atoms with Gasteiger partial charge in [-0.1, -0.05) is 23.2 Å². The Morgan fingerprint density at radius 3 is 1.86 bits per heavy atom. The number of hydrogen-bond donors (Lipinski definition) is 1. The molecule has 14 heavy (non-hydrogen) atoms. The van der Waals surface area contributed by atoms with Crippen LogP contribution in [0, 0.1) is 6.92 Å². The van der Waals surface area contributed by atoms with Crippen molar-refractivity contribution in [3.8, 4) is 0 Å². The van der Waals surface area contributed by atoms with Crippen LogP contribution in [0.15, 0.2) is 17.0 Å². The molecule has 0 spiro atoms. The Morgan fingerprint density at radius 1 is 1.21 bits per heavy atom. The van der Waals surface area contributed by atoms with Crippen molar-refractivity contribution < 1.29 is 13.0 Å². The first-order valence-electron chi connectivity index (χ1n) is 3.25. The normalized spacial score (nSPS) is 10.9. The first-order valence-corrected chi connectivity index (χ1v) is 5.45. The first kappa shape index (κ1) is 14.7. The van der Waals surface area contributed by atoms with Crippen molar-refractivity contribution in [3.05, 3.63) is 27.7 Å². The summed E-state index contributed by atoms with van der Waals surface area (Å²) in [6, 6.07) is 2.30. The van der Waals surface area contributed by atoms with Crippen molar-refractivity contribution in [2.75, 3.05) is 0 Å². The molecule has 0 aliphatic heterocycles. The minimum Gasteiger partial charge on any atom is -0.282 e. The minimum atomic E-state index is -4.23. The van der Waals surface area contributed by atoms with Crippen LogP contribution in [-0.2, 0) is 10.1 Å². The molecule has 1 aromatic rings. The summed E-state index contributed by atoms with van der Waals surface area (Å²) >= 11 is 11.3. The summed E-state index contributed by atoms with van der Waals surface area (Å²) in [7, 11) is -4.23. The summed E-state index contributed by atoms with van der Waals surface area (Å²) in [5, 5.41) is 0.417. The Labute approximate surface area is 114 Å². The van der Waals surface area contributed by atoms with Gasteiger partial charge in [-0.3, -0.25) is 4.55 Å². The van der Waals surface area contributed by atoms with Gasteiger partial charge in [0.2, 0.25) is 0 Å². The number of halogens is 2. The van der Waals surface area contributed by atoms with Crippen LogP contribution in [0.25, 0.3) is 0 Å². The van der Waals surface area contributed by atoms with Gasteiger partial charge in [-0.05, 0) is 24.6 Å². The standard InChI is InChI=1S/C7H6Cl2O3S.Na/c1-4-6(8)2-5(3-7(4)9)13(10,11)12;/h2-3H,1H3,(H,10,11,12);. The van der Waals surface area contributed by atoms with E-state index in [4.69, 9.17) is 27.8 Å². The van der Waals surface area contributed by atoms with Crippen LogP contribution in [0.5, 0.6) is 0 Å². The van der Waals surface area contributed by atoms with Crippen LogP contribution in [0.4, 0.5) is 0 Å². The fourth-order valence-electron chi connectivity index (χ4n) is 0.771. The van der Waals surface area contributed by atoms with Gasteiger partial charge in [-0.25, -0.2) is 0 Å². The van der Waals surface area contributed by atoms with Gasteiger partial charge in [-0.15, -0.1) is 0 Å². The zero-order valence-electron chi connectivity index (χ0n) is 7.58. The molecule has 0 unspecified atom stereocenters. The third-order valence-electron chi connectivity index (χ3n) is 1.55. The molecule has 1 N–H and O–H groups in total. The Balaban J connectivity index is 0.00000169. The van der Waals surface area contributed by atoms with E-state index in [1.54, 1.807) is 6.92 Å². The average molecular weight is 264 g/mol. The summed E-state index contributed by atoms with van der Waals surface area (Å²) in [4.78, 5) is -0.298. The smallest absolute Gasteiger partial charge is 0.282 e. The summed E-state index contributed by atoms with van der Waals surface area (Å²) in [5.74, 6) is 0. The molecule has 0 heterocycles. The molecule has 0 bridgehead atoms. The van der Waals surface area contributed by atoms with Crippen molar-refractivity contribution in [2.24, 2.45) is 0 Å². The van der Waals surface area contributed by atoms with E-state index in [1.165, 1.54) is 0 Å². The van der Waals surface area contributed by atoms with Crippen molar-refractivity contribution in [3.63, 3.8) is 0 Å². The van der Waals surface area contributed by atoms with Gasteiger partial charge in [0.15, 0.2) is 0 Å². The van der Waals surface area contributed by atoms with Crippen LogP contribution in [0.1, 0.15) is 5.56 Å². The van der Waals surface area contributed by atoms with Crippen molar-refractivity contribution in [2.45, 2.75) is 11.8 Å². The molecule has 0 aliphatic carbocycles. The van der Waals surface area contributed by atoms with Crippen LogP contribution in [0.2, 0.25) is 10.0 Å². The molecule has 1 rings (SSSR count). The number of hydrogen-bond acceptors (Lipinski definition) is 2. The molecule has 0 aromatic heterocycles. The molecule has 3 nitrogen and oxygen atoms in total. The summed E-state index contributed by atoms with van der Waals surface area (Å²) in [6.45, 7) is 1.65. The van der Waals surface area contributed by atoms with E-state index in [2.05, 4.69) is 0 Å². The Kier molecular flexibility index (Phi) is 5.43. The third kappa shape index (κ3) is 3.38. The predicted octanol–water partition coefficient (Wildman–Crippen LogP) is 2.17. The fraction of sp³-hybridized carbons (Fsp3) is 0.143. The molecule has 0 amide bonds. The molecule has 1 aromatic carbocycles. The predicted molar refractivity (Wildman–Crippen MR) is 56.8 cm³/mol. The van der Waals surface area contributed by atoms with E-state index in [1.807, 2.05) is 0 Å². The van der Waals surface area contributed by atoms with E-state index in [0.717, 1.165) is 12.1 Å². The molecule has 7 heteroatoms. The van der Waals surface area contributed by atoms with Crippen molar-refractivity contribution in [1.29, 1.82) is 0 Å². The molecular formula is C7H6Cl2NaO3S. The van der Waals surface area contributed by atoms with E-state index in [0.29, 0.717) is 5.56 Å². The Morgan fingerprint density at radius 2 is 1.57 bits per heavy atom. The molecule has 1 radical (unpaired) electrons. The quantitative estimate of drug-likeness (QED) is 0.624. The molecule has 0 atom stereocenters. The maximum Gasteiger partial charge on any atom is 0.294 e. The second-order valence-electron chi connectivity index (χ2n) is 2.49. The summed E-state index contributed by atoms with van der Waals surface area (Å²) in [6.07, 6.45) is 0. The van der Waals surface area contributed by atoms with Gasteiger partial charge in [0, 0.05) is 39.6 Å². The van der Waals surface area contributed by atoms with Gasteiger partial charge in [-0.2, -0.15) is 8.42 Å². The molecular weight excluding hydrogens is 258 g/mol. The molecule has 0 saturated heterocycles. The van der Waals surface area contributed by atoms with Crippen LogP contribution >= 0.6 is 23.2 Å². The van der Waals surface area contributed by atoms with Gasteiger partial charge in [0.1, 0.15) is 0 Å². The first-order chi connectivity index (χ1) is 5.82. The Bertz CT molecular complexity index is 421. The molecule has 0 fully saturated rings. The molecule has 73 valence electrons.